The van der Waals surface area contributed by atoms with Crippen molar-refractivity contribution >= 4 is 43.4 Å². The van der Waals surface area contributed by atoms with E-state index >= 15 is 0 Å². The molecule has 2 aromatic heterocycles. The molecule has 1 aliphatic rings. The topological polar surface area (TPSA) is 43.6 Å². The lowest BCUT2D eigenvalue weighted by Crippen LogP contribution is -2.15. The van der Waals surface area contributed by atoms with Crippen LogP contribution in [0, 0.1) is 0 Å². The number of aromatic nitrogens is 4. The van der Waals surface area contributed by atoms with E-state index in [1.165, 1.54) is 65.7 Å². The predicted molar refractivity (Wildman–Crippen MR) is 274 cm³/mol. The molecule has 0 radical (unpaired) electrons. The third-order valence-electron chi connectivity index (χ3n) is 13.8. The summed E-state index contributed by atoms with van der Waals surface area (Å²) < 4.78 is 2.42. The van der Waals surface area contributed by atoms with Crippen LogP contribution in [-0.4, -0.2) is 19.5 Å². The molecule has 2 heterocycles. The molecular formula is C62H42N4. The van der Waals surface area contributed by atoms with Crippen LogP contribution in [0.15, 0.2) is 218 Å². The maximum absolute atomic E-state index is 5.44. The molecular weight excluding hydrogens is 801 g/mol. The van der Waals surface area contributed by atoms with E-state index in [0.717, 1.165) is 44.5 Å². The Bertz CT molecular complexity index is 3900. The first-order chi connectivity index (χ1) is 32.5. The number of fused-ring (bicyclic) bond motifs is 9. The van der Waals surface area contributed by atoms with Crippen LogP contribution < -0.4 is 0 Å². The Morgan fingerprint density at radius 3 is 1.70 bits per heavy atom. The third-order valence-corrected chi connectivity index (χ3v) is 13.8. The molecule has 4 nitrogen and oxygen atoms in total. The Balaban J connectivity index is 1.09. The van der Waals surface area contributed by atoms with Crippen molar-refractivity contribution in [2.75, 3.05) is 0 Å². The molecule has 13 rings (SSSR count). The SMILES string of the molecule is CC1(C)c2ccccc2-c2ccc(-c3nc(-c4ccccc4)nc(-c4cc(-c5cc6ccccc6c6ccccc56)cc(-n5c6ccccc6c6ccc(-c7ccccc7)cc65)c4)n3)cc21. The number of hydrogen-bond acceptors (Lipinski definition) is 3. The van der Waals surface area contributed by atoms with Gasteiger partial charge in [0.05, 0.1) is 11.0 Å². The summed E-state index contributed by atoms with van der Waals surface area (Å²) in [4.78, 5) is 16.0. The zero-order valence-corrected chi connectivity index (χ0v) is 36.6. The molecule has 310 valence electrons. The van der Waals surface area contributed by atoms with Crippen molar-refractivity contribution in [3.8, 4) is 73.2 Å². The van der Waals surface area contributed by atoms with Gasteiger partial charge in [0.25, 0.3) is 0 Å². The van der Waals surface area contributed by atoms with Crippen LogP contribution in [0.5, 0.6) is 0 Å². The molecule has 0 saturated carbocycles. The zero-order chi connectivity index (χ0) is 43.9. The van der Waals surface area contributed by atoms with E-state index in [2.05, 4.69) is 219 Å². The van der Waals surface area contributed by atoms with Crippen molar-refractivity contribution in [3.63, 3.8) is 0 Å². The fourth-order valence-electron chi connectivity index (χ4n) is 10.6. The van der Waals surface area contributed by atoms with Crippen LogP contribution in [-0.2, 0) is 5.41 Å². The molecule has 0 spiro atoms. The van der Waals surface area contributed by atoms with E-state index in [1.54, 1.807) is 0 Å². The van der Waals surface area contributed by atoms with Gasteiger partial charge in [-0.1, -0.05) is 190 Å². The highest BCUT2D eigenvalue weighted by Crippen LogP contribution is 2.49. The Labute approximate surface area is 383 Å². The van der Waals surface area contributed by atoms with Gasteiger partial charge in [-0.25, -0.2) is 15.0 Å². The van der Waals surface area contributed by atoms with Gasteiger partial charge in [0.2, 0.25) is 0 Å². The third kappa shape index (κ3) is 6.03. The highest BCUT2D eigenvalue weighted by atomic mass is 15.0. The van der Waals surface area contributed by atoms with Gasteiger partial charge in [0.1, 0.15) is 0 Å². The van der Waals surface area contributed by atoms with Crippen LogP contribution in [0.1, 0.15) is 25.0 Å². The van der Waals surface area contributed by atoms with Gasteiger partial charge in [0, 0.05) is 38.6 Å². The molecule has 0 bridgehead atoms. The lowest BCUT2D eigenvalue weighted by Gasteiger charge is -2.21. The molecule has 1 aliphatic carbocycles. The largest absolute Gasteiger partial charge is 0.309 e. The lowest BCUT2D eigenvalue weighted by atomic mass is 9.82. The van der Waals surface area contributed by atoms with Crippen molar-refractivity contribution in [3.05, 3.63) is 230 Å². The first kappa shape index (κ1) is 38.0. The molecule has 66 heavy (non-hydrogen) atoms. The van der Waals surface area contributed by atoms with E-state index in [1.807, 2.05) is 18.2 Å². The maximum Gasteiger partial charge on any atom is 0.164 e. The normalized spacial score (nSPS) is 12.8. The smallest absolute Gasteiger partial charge is 0.164 e. The van der Waals surface area contributed by atoms with E-state index in [-0.39, 0.29) is 5.41 Å². The van der Waals surface area contributed by atoms with E-state index in [9.17, 15) is 0 Å². The minimum absolute atomic E-state index is 0.172. The van der Waals surface area contributed by atoms with E-state index < -0.39 is 0 Å². The standard InChI is InChI=1S/C62H42N4/c1-62(2)55-27-15-13-25-50(55)51-31-30-43(37-56(51)62)60-63-59(40-19-7-4-8-20-40)64-61(65-60)45-33-44(54-36-42-21-9-10-22-47(42)48-23-11-12-24-49(48)54)34-46(35-45)66-57-28-16-14-26-52(57)53-32-29-41(38-58(53)66)39-17-5-3-6-18-39/h3-38H,1-2H3. The van der Waals surface area contributed by atoms with Gasteiger partial charge >= 0.3 is 0 Å². The first-order valence-electron chi connectivity index (χ1n) is 22.7. The van der Waals surface area contributed by atoms with Gasteiger partial charge in [-0.3, -0.25) is 0 Å². The fraction of sp³-hybridized carbons (Fsp3) is 0.0484. The van der Waals surface area contributed by atoms with Crippen molar-refractivity contribution < 1.29 is 0 Å². The minimum Gasteiger partial charge on any atom is -0.309 e. The van der Waals surface area contributed by atoms with E-state index in [4.69, 9.17) is 15.0 Å². The van der Waals surface area contributed by atoms with Crippen molar-refractivity contribution in [2.45, 2.75) is 19.3 Å². The van der Waals surface area contributed by atoms with Gasteiger partial charge in [-0.2, -0.15) is 0 Å². The highest BCUT2D eigenvalue weighted by Gasteiger charge is 2.35. The fourth-order valence-corrected chi connectivity index (χ4v) is 10.6. The van der Waals surface area contributed by atoms with Crippen LogP contribution in [0.2, 0.25) is 0 Å². The summed E-state index contributed by atoms with van der Waals surface area (Å²) in [7, 11) is 0. The number of nitrogens with zero attached hydrogens (tertiary/aromatic N) is 4. The summed E-state index contributed by atoms with van der Waals surface area (Å²) in [5.41, 5.74) is 15.7. The van der Waals surface area contributed by atoms with Crippen molar-refractivity contribution in [2.24, 2.45) is 0 Å². The molecule has 0 saturated heterocycles. The average molecular weight is 843 g/mol. The number of para-hydroxylation sites is 1. The summed E-state index contributed by atoms with van der Waals surface area (Å²) in [5.74, 6) is 1.88. The van der Waals surface area contributed by atoms with Crippen molar-refractivity contribution in [1.82, 2.24) is 19.5 Å². The Hall–Kier alpha value is -8.47. The van der Waals surface area contributed by atoms with Crippen molar-refractivity contribution in [1.29, 1.82) is 0 Å². The summed E-state index contributed by atoms with van der Waals surface area (Å²) in [6, 6.07) is 78.7. The summed E-state index contributed by atoms with van der Waals surface area (Å²) in [6.07, 6.45) is 0. The number of hydrogen-bond donors (Lipinski definition) is 0. The lowest BCUT2D eigenvalue weighted by molar-refractivity contribution is 0.660. The first-order valence-corrected chi connectivity index (χ1v) is 22.7. The molecule has 0 N–H and O–H groups in total. The molecule has 4 heteroatoms. The Kier molecular flexibility index (Phi) is 8.53. The quantitative estimate of drug-likeness (QED) is 0.157. The molecule has 12 aromatic rings. The maximum atomic E-state index is 5.44. The minimum atomic E-state index is -0.172. The number of benzene rings is 10. The Morgan fingerprint density at radius 2 is 0.894 bits per heavy atom. The summed E-state index contributed by atoms with van der Waals surface area (Å²) in [6.45, 7) is 4.63. The van der Waals surface area contributed by atoms with Gasteiger partial charge in [-0.15, -0.1) is 0 Å². The zero-order valence-electron chi connectivity index (χ0n) is 36.6. The second-order valence-electron chi connectivity index (χ2n) is 18.0. The second-order valence-corrected chi connectivity index (χ2v) is 18.0. The van der Waals surface area contributed by atoms with Crippen LogP contribution >= 0.6 is 0 Å². The summed E-state index contributed by atoms with van der Waals surface area (Å²) in [5, 5.41) is 7.24. The molecule has 0 amide bonds. The number of rotatable bonds is 6. The molecule has 0 unspecified atom stereocenters. The summed E-state index contributed by atoms with van der Waals surface area (Å²) >= 11 is 0. The molecule has 10 aromatic carbocycles. The van der Waals surface area contributed by atoms with Gasteiger partial charge in [0.15, 0.2) is 17.5 Å². The monoisotopic (exact) mass is 842 g/mol. The highest BCUT2D eigenvalue weighted by molar-refractivity contribution is 6.14. The van der Waals surface area contributed by atoms with Crippen LogP contribution in [0.25, 0.3) is 117 Å². The van der Waals surface area contributed by atoms with E-state index in [0.29, 0.717) is 17.5 Å². The Morgan fingerprint density at radius 1 is 0.318 bits per heavy atom. The van der Waals surface area contributed by atoms with Crippen LogP contribution in [0.3, 0.4) is 0 Å². The van der Waals surface area contributed by atoms with Crippen LogP contribution in [0.4, 0.5) is 0 Å². The second kappa shape index (κ2) is 14.8. The van der Waals surface area contributed by atoms with Gasteiger partial charge in [-0.05, 0) is 109 Å². The molecule has 0 atom stereocenters. The predicted octanol–water partition coefficient (Wildman–Crippen LogP) is 15.9. The molecule has 0 aliphatic heterocycles. The average Bonchev–Trinajstić information content (AvgIpc) is 3.83. The molecule has 0 fully saturated rings. The van der Waals surface area contributed by atoms with Gasteiger partial charge < -0.3 is 4.57 Å².